The fourth-order valence-electron chi connectivity index (χ4n) is 4.27. The molecule has 160 valence electrons. The number of thioether (sulfide) groups is 1. The van der Waals surface area contributed by atoms with Crippen LogP contribution < -0.4 is 15.4 Å². The predicted molar refractivity (Wildman–Crippen MR) is 118 cm³/mol. The maximum absolute atomic E-state index is 14.1. The van der Waals surface area contributed by atoms with Gasteiger partial charge >= 0.3 is 6.03 Å². The first-order valence-electron chi connectivity index (χ1n) is 10.5. The summed E-state index contributed by atoms with van der Waals surface area (Å²) in [5.74, 6) is 1.41. The van der Waals surface area contributed by atoms with E-state index >= 15 is 0 Å². The van der Waals surface area contributed by atoms with Crippen LogP contribution in [-0.2, 0) is 0 Å². The first-order valence-corrected chi connectivity index (χ1v) is 11.5. The number of fused-ring (bicyclic) bond motifs is 1. The summed E-state index contributed by atoms with van der Waals surface area (Å²) in [6.45, 7) is 2.59. The average molecular weight is 430 g/mol. The number of ether oxygens (including phenoxy) is 1. The van der Waals surface area contributed by atoms with Crippen molar-refractivity contribution in [2.24, 2.45) is 0 Å². The maximum Gasteiger partial charge on any atom is 0.315 e. The van der Waals surface area contributed by atoms with Gasteiger partial charge in [0.2, 0.25) is 0 Å². The lowest BCUT2D eigenvalue weighted by molar-refractivity contribution is 0.218. The molecule has 0 radical (unpaired) electrons. The lowest BCUT2D eigenvalue weighted by Gasteiger charge is -2.30. The van der Waals surface area contributed by atoms with Crippen LogP contribution in [0.4, 0.5) is 9.18 Å². The number of benzene rings is 2. The summed E-state index contributed by atoms with van der Waals surface area (Å²) in [6, 6.07) is 12.9. The molecule has 1 saturated heterocycles. The number of halogens is 1. The number of hydrogen-bond donors (Lipinski definition) is 2. The van der Waals surface area contributed by atoms with Gasteiger partial charge in [-0.25, -0.2) is 9.18 Å². The van der Waals surface area contributed by atoms with Gasteiger partial charge in [0.15, 0.2) is 0 Å². The highest BCUT2D eigenvalue weighted by Gasteiger charge is 2.26. The predicted octanol–water partition coefficient (Wildman–Crippen LogP) is 4.51. The van der Waals surface area contributed by atoms with E-state index in [1.54, 1.807) is 13.2 Å². The Kier molecular flexibility index (Phi) is 6.79. The summed E-state index contributed by atoms with van der Waals surface area (Å²) in [5, 5.41) is 6.11. The Labute approximate surface area is 181 Å². The fourth-order valence-corrected chi connectivity index (χ4v) is 5.41. The van der Waals surface area contributed by atoms with E-state index in [1.165, 1.54) is 36.2 Å². The molecule has 0 aromatic heterocycles. The molecule has 2 unspecified atom stereocenters. The van der Waals surface area contributed by atoms with Crippen LogP contribution in [0.3, 0.4) is 0 Å². The summed E-state index contributed by atoms with van der Waals surface area (Å²) in [5.41, 5.74) is 2.03. The van der Waals surface area contributed by atoms with Crippen molar-refractivity contribution in [1.29, 1.82) is 0 Å². The highest BCUT2D eigenvalue weighted by Crippen LogP contribution is 2.37. The van der Waals surface area contributed by atoms with Crippen LogP contribution in [0.25, 0.3) is 0 Å². The van der Waals surface area contributed by atoms with Gasteiger partial charge in [-0.15, -0.1) is 11.8 Å². The van der Waals surface area contributed by atoms with E-state index in [2.05, 4.69) is 27.7 Å². The Morgan fingerprint density at radius 1 is 1.23 bits per heavy atom. The van der Waals surface area contributed by atoms with Crippen molar-refractivity contribution >= 4 is 17.8 Å². The van der Waals surface area contributed by atoms with E-state index in [4.69, 9.17) is 4.74 Å². The number of rotatable bonds is 6. The molecule has 5 nitrogen and oxygen atoms in total. The molecule has 0 bridgehead atoms. The van der Waals surface area contributed by atoms with Crippen LogP contribution >= 0.6 is 11.8 Å². The van der Waals surface area contributed by atoms with E-state index in [0.717, 1.165) is 36.6 Å². The Bertz CT molecular complexity index is 871. The molecular weight excluding hydrogens is 401 g/mol. The molecule has 7 heteroatoms. The van der Waals surface area contributed by atoms with Gasteiger partial charge in [0.1, 0.15) is 11.6 Å². The molecule has 2 aromatic carbocycles. The second kappa shape index (κ2) is 9.71. The fraction of sp³-hybridized carbons (Fsp3) is 0.435. The topological polar surface area (TPSA) is 53.6 Å². The summed E-state index contributed by atoms with van der Waals surface area (Å²) in [7, 11) is 1.66. The van der Waals surface area contributed by atoms with Gasteiger partial charge in [-0.05, 0) is 61.7 Å². The smallest absolute Gasteiger partial charge is 0.315 e. The molecule has 2 atom stereocenters. The van der Waals surface area contributed by atoms with Crippen molar-refractivity contribution in [2.45, 2.75) is 36.2 Å². The number of carbonyl (C=O) groups excluding carboxylic acids is 1. The molecule has 2 N–H and O–H groups in total. The van der Waals surface area contributed by atoms with Crippen molar-refractivity contribution in [2.75, 3.05) is 32.5 Å². The van der Waals surface area contributed by atoms with E-state index < -0.39 is 0 Å². The quantitative estimate of drug-likeness (QED) is 0.710. The third-order valence-electron chi connectivity index (χ3n) is 5.87. The standard InChI is InChI=1S/C23H28FN3O2S/c1-29-17-9-7-16(8-10-17)21(27-12-2-3-13-27)15-25-23(28)26-20-11-14-30-22-18(20)5-4-6-19(22)24/h4-10,20-21H,2-3,11-15H2,1H3,(H2,25,26,28). The van der Waals surface area contributed by atoms with Gasteiger partial charge in [-0.3, -0.25) is 4.90 Å². The summed E-state index contributed by atoms with van der Waals surface area (Å²) in [4.78, 5) is 15.8. The molecule has 2 aromatic rings. The SMILES string of the molecule is COc1ccc(C(CNC(=O)NC2CCSc3c(F)cccc32)N2CCCC2)cc1. The molecule has 2 heterocycles. The molecule has 2 aliphatic heterocycles. The van der Waals surface area contributed by atoms with E-state index in [1.807, 2.05) is 18.2 Å². The molecular formula is C23H28FN3O2S. The zero-order valence-electron chi connectivity index (χ0n) is 17.2. The molecule has 0 aliphatic carbocycles. The normalized spacial score (nSPS) is 19.7. The Morgan fingerprint density at radius 3 is 2.73 bits per heavy atom. The Morgan fingerprint density at radius 2 is 2.00 bits per heavy atom. The van der Waals surface area contributed by atoms with E-state index in [0.29, 0.717) is 11.4 Å². The van der Waals surface area contributed by atoms with Gasteiger partial charge in [0, 0.05) is 17.2 Å². The van der Waals surface area contributed by atoms with Crippen LogP contribution in [0.15, 0.2) is 47.4 Å². The number of amides is 2. The molecule has 2 aliphatic rings. The van der Waals surface area contributed by atoms with E-state index in [-0.39, 0.29) is 23.9 Å². The van der Waals surface area contributed by atoms with Crippen LogP contribution in [0.1, 0.15) is 42.5 Å². The van der Waals surface area contributed by atoms with Gasteiger partial charge in [-0.1, -0.05) is 24.3 Å². The van der Waals surface area contributed by atoms with Gasteiger partial charge in [0.25, 0.3) is 0 Å². The molecule has 30 heavy (non-hydrogen) atoms. The van der Waals surface area contributed by atoms with Gasteiger partial charge in [0.05, 0.1) is 19.2 Å². The average Bonchev–Trinajstić information content (AvgIpc) is 3.30. The van der Waals surface area contributed by atoms with Crippen LogP contribution in [0.2, 0.25) is 0 Å². The second-order valence-electron chi connectivity index (χ2n) is 7.73. The number of nitrogens with one attached hydrogen (secondary N) is 2. The minimum absolute atomic E-state index is 0.121. The molecule has 2 amide bonds. The molecule has 1 fully saturated rings. The minimum atomic E-state index is -0.210. The first-order chi connectivity index (χ1) is 14.7. The largest absolute Gasteiger partial charge is 0.497 e. The van der Waals surface area contributed by atoms with Crippen LogP contribution in [-0.4, -0.2) is 43.4 Å². The second-order valence-corrected chi connectivity index (χ2v) is 8.84. The maximum atomic E-state index is 14.1. The van der Waals surface area contributed by atoms with Crippen molar-refractivity contribution in [3.05, 3.63) is 59.4 Å². The zero-order chi connectivity index (χ0) is 20.9. The van der Waals surface area contributed by atoms with Crippen molar-refractivity contribution < 1.29 is 13.9 Å². The lowest BCUT2D eigenvalue weighted by atomic mass is 10.0. The van der Waals surface area contributed by atoms with Crippen molar-refractivity contribution in [1.82, 2.24) is 15.5 Å². The number of nitrogens with zero attached hydrogens (tertiary/aromatic N) is 1. The molecule has 4 rings (SSSR count). The zero-order valence-corrected chi connectivity index (χ0v) is 18.0. The van der Waals surface area contributed by atoms with Crippen molar-refractivity contribution in [3.63, 3.8) is 0 Å². The molecule has 0 saturated carbocycles. The summed E-state index contributed by atoms with van der Waals surface area (Å²) in [6.07, 6.45) is 3.16. The number of urea groups is 1. The summed E-state index contributed by atoms with van der Waals surface area (Å²) < 4.78 is 19.4. The van der Waals surface area contributed by atoms with E-state index in [9.17, 15) is 9.18 Å². The van der Waals surface area contributed by atoms with Crippen molar-refractivity contribution in [3.8, 4) is 5.75 Å². The lowest BCUT2D eigenvalue weighted by Crippen LogP contribution is -2.43. The highest BCUT2D eigenvalue weighted by molar-refractivity contribution is 7.99. The third-order valence-corrected chi connectivity index (χ3v) is 7.03. The number of hydrogen-bond acceptors (Lipinski definition) is 4. The number of methoxy groups -OCH3 is 1. The van der Waals surface area contributed by atoms with Crippen LogP contribution in [0.5, 0.6) is 5.75 Å². The minimum Gasteiger partial charge on any atom is -0.497 e. The Balaban J connectivity index is 1.41. The van der Waals surface area contributed by atoms with Crippen LogP contribution in [0, 0.1) is 5.82 Å². The van der Waals surface area contributed by atoms with Gasteiger partial charge < -0.3 is 15.4 Å². The summed E-state index contributed by atoms with van der Waals surface area (Å²) >= 11 is 1.52. The Hall–Kier alpha value is -2.25. The third kappa shape index (κ3) is 4.73. The first kappa shape index (κ1) is 21.0. The highest BCUT2D eigenvalue weighted by atomic mass is 32.2. The number of likely N-dealkylation sites (tertiary alicyclic amines) is 1. The molecule has 0 spiro atoms. The number of carbonyl (C=O) groups is 1. The van der Waals surface area contributed by atoms with Gasteiger partial charge in [-0.2, -0.15) is 0 Å². The monoisotopic (exact) mass is 429 g/mol.